The van der Waals surface area contributed by atoms with E-state index in [2.05, 4.69) is 0 Å². The Morgan fingerprint density at radius 3 is 2.26 bits per heavy atom. The number of alkyl halides is 3. The number of rotatable bonds is 4. The van der Waals surface area contributed by atoms with Crippen molar-refractivity contribution in [2.75, 3.05) is 12.3 Å². The van der Waals surface area contributed by atoms with Crippen LogP contribution in [0, 0.1) is 5.41 Å². The monoisotopic (exact) mass is 353 g/mol. The number of para-hydroxylation sites is 1. The number of ether oxygens (including phenoxy) is 1. The quantitative estimate of drug-likeness (QED) is 0.625. The van der Waals surface area contributed by atoms with E-state index in [0.29, 0.717) is 12.0 Å². The molecule has 132 valence electrons. The molecule has 1 rings (SSSR count). The van der Waals surface area contributed by atoms with Crippen molar-refractivity contribution >= 4 is 24.1 Å². The molecule has 0 saturated heterocycles. The maximum absolute atomic E-state index is 12.9. The predicted molar refractivity (Wildman–Crippen MR) is 86.6 cm³/mol. The summed E-state index contributed by atoms with van der Waals surface area (Å²) in [6, 6.07) is 3.82. The summed E-state index contributed by atoms with van der Waals surface area (Å²) in [7, 11) is 0. The summed E-state index contributed by atoms with van der Waals surface area (Å²) in [5, 5.41) is 0. The van der Waals surface area contributed by atoms with Crippen LogP contribution in [0.25, 0.3) is 0 Å². The lowest BCUT2D eigenvalue weighted by molar-refractivity contribution is -0.153. The topological polar surface area (TPSA) is 52.3 Å². The van der Waals surface area contributed by atoms with Gasteiger partial charge in [-0.15, -0.1) is 12.4 Å². The highest BCUT2D eigenvalue weighted by atomic mass is 35.5. The van der Waals surface area contributed by atoms with Crippen molar-refractivity contribution in [3.8, 4) is 0 Å². The first-order chi connectivity index (χ1) is 9.98. The summed E-state index contributed by atoms with van der Waals surface area (Å²) < 4.78 is 43.9. The number of nitrogens with two attached hydrogens (primary N) is 1. The van der Waals surface area contributed by atoms with Gasteiger partial charge in [0.2, 0.25) is 0 Å². The molecule has 1 unspecified atom stereocenters. The molecule has 7 heteroatoms. The first kappa shape index (κ1) is 21.6. The first-order valence-corrected chi connectivity index (χ1v) is 7.11. The minimum Gasteiger partial charge on any atom is -0.465 e. The highest BCUT2D eigenvalue weighted by Crippen LogP contribution is 2.38. The molecule has 0 bridgehead atoms. The number of hydrogen-bond donors (Lipinski definition) is 1. The van der Waals surface area contributed by atoms with Crippen LogP contribution in [0.15, 0.2) is 18.2 Å². The summed E-state index contributed by atoms with van der Waals surface area (Å²) in [6.07, 6.45) is -3.98. The molecule has 0 aliphatic carbocycles. The average molecular weight is 354 g/mol. The highest BCUT2D eigenvalue weighted by Gasteiger charge is 2.34. The molecule has 0 aliphatic heterocycles. The Morgan fingerprint density at radius 1 is 1.26 bits per heavy atom. The van der Waals surface area contributed by atoms with Crippen LogP contribution >= 0.6 is 12.4 Å². The van der Waals surface area contributed by atoms with Gasteiger partial charge in [-0.25, -0.2) is 0 Å². The van der Waals surface area contributed by atoms with Crippen LogP contribution in [0.1, 0.15) is 51.2 Å². The summed E-state index contributed by atoms with van der Waals surface area (Å²) in [5.41, 5.74) is 4.23. The Bertz CT molecular complexity index is 539. The van der Waals surface area contributed by atoms with Crippen LogP contribution < -0.4 is 5.73 Å². The molecule has 0 aliphatic rings. The van der Waals surface area contributed by atoms with Crippen LogP contribution in [0.5, 0.6) is 0 Å². The van der Waals surface area contributed by atoms with Crippen molar-refractivity contribution in [2.24, 2.45) is 5.41 Å². The molecule has 1 aromatic carbocycles. The molecule has 1 aromatic rings. The number of nitrogen functional groups attached to an aromatic ring is 1. The summed E-state index contributed by atoms with van der Waals surface area (Å²) in [4.78, 5) is 11.8. The zero-order chi connectivity index (χ0) is 17.1. The SMILES string of the molecule is CCC(COC(=O)C(C)(C)C)c1cccc(C(F)(F)F)c1N.Cl. The molecule has 0 radical (unpaired) electrons. The second kappa shape index (κ2) is 7.90. The van der Waals surface area contributed by atoms with Crippen molar-refractivity contribution in [3.05, 3.63) is 29.3 Å². The normalized spacial score (nSPS) is 13.2. The lowest BCUT2D eigenvalue weighted by atomic mass is 9.93. The molecule has 0 saturated carbocycles. The van der Waals surface area contributed by atoms with Gasteiger partial charge in [-0.3, -0.25) is 4.79 Å². The van der Waals surface area contributed by atoms with Crippen molar-refractivity contribution in [1.82, 2.24) is 0 Å². The van der Waals surface area contributed by atoms with Crippen molar-refractivity contribution in [3.63, 3.8) is 0 Å². The fourth-order valence-corrected chi connectivity index (χ4v) is 2.01. The van der Waals surface area contributed by atoms with Gasteiger partial charge in [0, 0.05) is 11.6 Å². The van der Waals surface area contributed by atoms with Crippen LogP contribution in [0.2, 0.25) is 0 Å². The van der Waals surface area contributed by atoms with E-state index in [-0.39, 0.29) is 30.6 Å². The third-order valence-electron chi connectivity index (χ3n) is 3.41. The Labute approximate surface area is 140 Å². The first-order valence-electron chi connectivity index (χ1n) is 7.11. The van der Waals surface area contributed by atoms with Crippen LogP contribution in [0.3, 0.4) is 0 Å². The zero-order valence-corrected chi connectivity index (χ0v) is 14.5. The second-order valence-electron chi connectivity index (χ2n) is 6.26. The number of anilines is 1. The molecule has 0 amide bonds. The van der Waals surface area contributed by atoms with Gasteiger partial charge >= 0.3 is 12.1 Å². The van der Waals surface area contributed by atoms with Crippen LogP contribution in [-0.2, 0) is 15.7 Å². The zero-order valence-electron chi connectivity index (χ0n) is 13.7. The van der Waals surface area contributed by atoms with E-state index in [9.17, 15) is 18.0 Å². The van der Waals surface area contributed by atoms with E-state index in [4.69, 9.17) is 10.5 Å². The number of hydrogen-bond acceptors (Lipinski definition) is 3. The van der Waals surface area contributed by atoms with Crippen molar-refractivity contribution in [2.45, 2.75) is 46.2 Å². The highest BCUT2D eigenvalue weighted by molar-refractivity contribution is 5.85. The van der Waals surface area contributed by atoms with E-state index in [1.807, 2.05) is 6.92 Å². The summed E-state index contributed by atoms with van der Waals surface area (Å²) >= 11 is 0. The number of benzene rings is 1. The van der Waals surface area contributed by atoms with E-state index in [1.165, 1.54) is 6.07 Å². The second-order valence-corrected chi connectivity index (χ2v) is 6.26. The molecular weight excluding hydrogens is 331 g/mol. The minimum atomic E-state index is -4.50. The Balaban J connectivity index is 0.00000484. The predicted octanol–water partition coefficient (Wildman–Crippen LogP) is 4.79. The largest absolute Gasteiger partial charge is 0.465 e. The molecule has 0 spiro atoms. The molecule has 0 aromatic heterocycles. The summed E-state index contributed by atoms with van der Waals surface area (Å²) in [6.45, 7) is 6.98. The van der Waals surface area contributed by atoms with Crippen LogP contribution in [-0.4, -0.2) is 12.6 Å². The van der Waals surface area contributed by atoms with Gasteiger partial charge in [-0.1, -0.05) is 19.1 Å². The van der Waals surface area contributed by atoms with Gasteiger partial charge in [0.1, 0.15) is 0 Å². The van der Waals surface area contributed by atoms with E-state index < -0.39 is 23.1 Å². The average Bonchev–Trinajstić information content (AvgIpc) is 2.38. The third-order valence-corrected chi connectivity index (χ3v) is 3.41. The van der Waals surface area contributed by atoms with E-state index in [0.717, 1.165) is 6.07 Å². The van der Waals surface area contributed by atoms with Crippen LogP contribution in [0.4, 0.5) is 18.9 Å². The molecule has 2 N–H and O–H groups in total. The Hall–Kier alpha value is -1.43. The molecule has 1 atom stereocenters. The number of carbonyl (C=O) groups is 1. The minimum absolute atomic E-state index is 0. The molecular formula is C16H23ClF3NO2. The number of halogens is 4. The Morgan fingerprint density at radius 2 is 1.83 bits per heavy atom. The number of carbonyl (C=O) groups excluding carboxylic acids is 1. The third kappa shape index (κ3) is 5.61. The van der Waals surface area contributed by atoms with Gasteiger partial charge in [0.15, 0.2) is 0 Å². The van der Waals surface area contributed by atoms with Gasteiger partial charge in [-0.2, -0.15) is 13.2 Å². The maximum atomic E-state index is 12.9. The lowest BCUT2D eigenvalue weighted by Gasteiger charge is -2.22. The maximum Gasteiger partial charge on any atom is 0.418 e. The van der Waals surface area contributed by atoms with Crippen molar-refractivity contribution < 1.29 is 22.7 Å². The fraction of sp³-hybridized carbons (Fsp3) is 0.562. The molecule has 0 heterocycles. The Kier molecular flexibility index (Phi) is 7.41. The van der Waals surface area contributed by atoms with Crippen molar-refractivity contribution in [1.29, 1.82) is 0 Å². The smallest absolute Gasteiger partial charge is 0.418 e. The van der Waals surface area contributed by atoms with E-state index in [1.54, 1.807) is 26.8 Å². The van der Waals surface area contributed by atoms with Gasteiger partial charge in [0.25, 0.3) is 0 Å². The van der Waals surface area contributed by atoms with Gasteiger partial charge < -0.3 is 10.5 Å². The standard InChI is InChI=1S/C16H22F3NO2.ClH/c1-5-10(9-22-14(21)15(2,3)4)11-7-6-8-12(13(11)20)16(17,18)19;/h6-8,10H,5,9,20H2,1-4H3;1H. The summed E-state index contributed by atoms with van der Waals surface area (Å²) in [5.74, 6) is -0.759. The lowest BCUT2D eigenvalue weighted by Crippen LogP contribution is -2.25. The fourth-order valence-electron chi connectivity index (χ4n) is 2.01. The molecule has 3 nitrogen and oxygen atoms in total. The molecule has 23 heavy (non-hydrogen) atoms. The van der Waals surface area contributed by atoms with Gasteiger partial charge in [0.05, 0.1) is 17.6 Å². The number of esters is 1. The van der Waals surface area contributed by atoms with E-state index >= 15 is 0 Å². The van der Waals surface area contributed by atoms with Gasteiger partial charge in [-0.05, 0) is 38.8 Å². The molecule has 0 fully saturated rings.